The summed E-state index contributed by atoms with van der Waals surface area (Å²) in [5.74, 6) is 2.18. The summed E-state index contributed by atoms with van der Waals surface area (Å²) in [5.41, 5.74) is 0.748. The lowest BCUT2D eigenvalue weighted by Crippen LogP contribution is -2.41. The molecular formula is C15H19NO2S. The van der Waals surface area contributed by atoms with Crippen molar-refractivity contribution in [1.29, 1.82) is 0 Å². The highest BCUT2D eigenvalue weighted by Gasteiger charge is 2.55. The van der Waals surface area contributed by atoms with Crippen molar-refractivity contribution in [2.24, 2.45) is 0 Å². The third-order valence-electron chi connectivity index (χ3n) is 4.17. The predicted molar refractivity (Wildman–Crippen MR) is 77.5 cm³/mol. The third-order valence-corrected chi connectivity index (χ3v) is 5.33. The average molecular weight is 277 g/mol. The van der Waals surface area contributed by atoms with Gasteiger partial charge in [-0.15, -0.1) is 11.8 Å². The number of nitrogens with zero attached hydrogens (tertiary/aromatic N) is 1. The number of thioether (sulfide) groups is 1. The molecule has 3 rings (SSSR count). The van der Waals surface area contributed by atoms with Crippen LogP contribution in [0.4, 0.5) is 0 Å². The van der Waals surface area contributed by atoms with Crippen molar-refractivity contribution in [2.45, 2.75) is 30.6 Å². The number of rotatable bonds is 3. The normalized spacial score (nSPS) is 24.3. The molecule has 2 aliphatic rings. The van der Waals surface area contributed by atoms with Crippen LogP contribution in [0.5, 0.6) is 5.75 Å². The first kappa shape index (κ1) is 12.9. The summed E-state index contributed by atoms with van der Waals surface area (Å²) in [6.07, 6.45) is 1.89. The molecule has 1 unspecified atom stereocenters. The predicted octanol–water partition coefficient (Wildman–Crippen LogP) is 2.65. The first-order valence-corrected chi connectivity index (χ1v) is 7.80. The molecule has 1 aliphatic heterocycles. The van der Waals surface area contributed by atoms with E-state index in [-0.39, 0.29) is 11.3 Å². The molecule has 1 aromatic carbocycles. The van der Waals surface area contributed by atoms with Crippen LogP contribution in [0.3, 0.4) is 0 Å². The maximum Gasteiger partial charge on any atom is 0.234 e. The Morgan fingerprint density at radius 2 is 2.16 bits per heavy atom. The monoisotopic (exact) mass is 277 g/mol. The zero-order valence-electron chi connectivity index (χ0n) is 11.4. The van der Waals surface area contributed by atoms with Gasteiger partial charge in [0.05, 0.1) is 17.9 Å². The van der Waals surface area contributed by atoms with Crippen LogP contribution in [0.1, 0.15) is 25.3 Å². The van der Waals surface area contributed by atoms with Gasteiger partial charge in [-0.3, -0.25) is 4.79 Å². The SMILES string of the molecule is COc1ccccc1C1(C(=O)N2CCSC2C)CC1. The molecule has 4 heteroatoms. The summed E-state index contributed by atoms with van der Waals surface area (Å²) in [6.45, 7) is 3.00. The van der Waals surface area contributed by atoms with E-state index in [1.54, 1.807) is 7.11 Å². The lowest BCUT2D eigenvalue weighted by atomic mass is 9.93. The Hall–Kier alpha value is -1.16. The molecule has 1 aliphatic carbocycles. The lowest BCUT2D eigenvalue weighted by Gasteiger charge is -2.27. The zero-order valence-corrected chi connectivity index (χ0v) is 12.2. The molecule has 0 N–H and O–H groups in total. The van der Waals surface area contributed by atoms with Crippen LogP contribution in [0, 0.1) is 0 Å². The van der Waals surface area contributed by atoms with E-state index in [1.807, 2.05) is 40.9 Å². The van der Waals surface area contributed by atoms with Gasteiger partial charge in [-0.1, -0.05) is 18.2 Å². The van der Waals surface area contributed by atoms with Gasteiger partial charge < -0.3 is 9.64 Å². The third kappa shape index (κ3) is 2.02. The Morgan fingerprint density at radius 3 is 2.74 bits per heavy atom. The van der Waals surface area contributed by atoms with E-state index in [0.29, 0.717) is 5.37 Å². The minimum atomic E-state index is -0.314. The van der Waals surface area contributed by atoms with Crippen LogP contribution < -0.4 is 4.74 Å². The summed E-state index contributed by atoms with van der Waals surface area (Å²) in [6, 6.07) is 7.94. The van der Waals surface area contributed by atoms with Gasteiger partial charge in [0.15, 0.2) is 0 Å². The van der Waals surface area contributed by atoms with Gasteiger partial charge in [0, 0.05) is 17.9 Å². The molecule has 0 spiro atoms. The van der Waals surface area contributed by atoms with Gasteiger partial charge in [0.25, 0.3) is 0 Å². The number of hydrogen-bond acceptors (Lipinski definition) is 3. The molecule has 102 valence electrons. The summed E-state index contributed by atoms with van der Waals surface area (Å²) in [4.78, 5) is 14.9. The first-order chi connectivity index (χ1) is 9.19. The van der Waals surface area contributed by atoms with Crippen molar-refractivity contribution < 1.29 is 9.53 Å². The molecule has 1 amide bonds. The van der Waals surface area contributed by atoms with E-state index in [4.69, 9.17) is 4.74 Å². The molecule has 1 saturated carbocycles. The fourth-order valence-corrected chi connectivity index (χ4v) is 3.92. The topological polar surface area (TPSA) is 29.5 Å². The van der Waals surface area contributed by atoms with Crippen molar-refractivity contribution in [3.63, 3.8) is 0 Å². The highest BCUT2D eigenvalue weighted by Crippen LogP contribution is 2.53. The molecule has 2 fully saturated rings. The van der Waals surface area contributed by atoms with Gasteiger partial charge in [-0.2, -0.15) is 0 Å². The summed E-state index contributed by atoms with van der Waals surface area (Å²) < 4.78 is 5.44. The zero-order chi connectivity index (χ0) is 13.5. The van der Waals surface area contributed by atoms with E-state index in [1.165, 1.54) is 0 Å². The minimum Gasteiger partial charge on any atom is -0.496 e. The number of ether oxygens (including phenoxy) is 1. The van der Waals surface area contributed by atoms with Crippen LogP contribution in [0.15, 0.2) is 24.3 Å². The van der Waals surface area contributed by atoms with Crippen LogP contribution in [-0.2, 0) is 10.2 Å². The summed E-state index contributed by atoms with van der Waals surface area (Å²) >= 11 is 1.86. The lowest BCUT2D eigenvalue weighted by molar-refractivity contribution is -0.133. The van der Waals surface area contributed by atoms with Crippen molar-refractivity contribution in [1.82, 2.24) is 4.90 Å². The molecule has 0 radical (unpaired) electrons. The maximum atomic E-state index is 12.9. The Morgan fingerprint density at radius 1 is 1.42 bits per heavy atom. The van der Waals surface area contributed by atoms with E-state index < -0.39 is 0 Å². The van der Waals surface area contributed by atoms with Crippen LogP contribution in [0.25, 0.3) is 0 Å². The number of amides is 1. The van der Waals surface area contributed by atoms with Crippen molar-refractivity contribution in [2.75, 3.05) is 19.4 Å². The number of benzene rings is 1. The second-order valence-electron chi connectivity index (χ2n) is 5.25. The molecule has 0 aromatic heterocycles. The van der Waals surface area contributed by atoms with Crippen molar-refractivity contribution in [3.05, 3.63) is 29.8 Å². The van der Waals surface area contributed by atoms with Crippen molar-refractivity contribution >= 4 is 17.7 Å². The van der Waals surface area contributed by atoms with E-state index in [9.17, 15) is 4.79 Å². The Labute approximate surface area is 118 Å². The highest BCUT2D eigenvalue weighted by atomic mass is 32.2. The molecule has 1 aromatic rings. The highest BCUT2D eigenvalue weighted by molar-refractivity contribution is 8.00. The summed E-state index contributed by atoms with van der Waals surface area (Å²) in [5, 5.41) is 0.305. The van der Waals surface area contributed by atoms with Gasteiger partial charge in [0.1, 0.15) is 5.75 Å². The van der Waals surface area contributed by atoms with E-state index in [0.717, 1.165) is 36.5 Å². The number of methoxy groups -OCH3 is 1. The quantitative estimate of drug-likeness (QED) is 0.850. The molecule has 19 heavy (non-hydrogen) atoms. The van der Waals surface area contributed by atoms with E-state index in [2.05, 4.69) is 6.92 Å². The van der Waals surface area contributed by atoms with Gasteiger partial charge in [0.2, 0.25) is 5.91 Å². The number of hydrogen-bond donors (Lipinski definition) is 0. The average Bonchev–Trinajstić information content (AvgIpc) is 3.14. The molecule has 1 saturated heterocycles. The second kappa shape index (κ2) is 4.75. The standard InChI is InChI=1S/C15H19NO2S/c1-11-16(9-10-19-11)14(17)15(7-8-15)12-5-3-4-6-13(12)18-2/h3-6,11H,7-10H2,1-2H3. The number of carbonyl (C=O) groups excluding carboxylic acids is 1. The minimum absolute atomic E-state index is 0.287. The Balaban J connectivity index is 1.92. The fraction of sp³-hybridized carbons (Fsp3) is 0.533. The Kier molecular flexibility index (Phi) is 3.21. The van der Waals surface area contributed by atoms with Gasteiger partial charge in [-0.05, 0) is 25.8 Å². The maximum absolute atomic E-state index is 12.9. The molecule has 1 atom stereocenters. The van der Waals surface area contributed by atoms with Gasteiger partial charge in [-0.25, -0.2) is 0 Å². The number of carbonyl (C=O) groups is 1. The molecule has 0 bridgehead atoms. The molecular weight excluding hydrogens is 258 g/mol. The van der Waals surface area contributed by atoms with Crippen LogP contribution in [0.2, 0.25) is 0 Å². The molecule has 1 heterocycles. The fourth-order valence-electron chi connectivity index (χ4n) is 2.90. The van der Waals surface area contributed by atoms with Gasteiger partial charge >= 0.3 is 0 Å². The van der Waals surface area contributed by atoms with E-state index >= 15 is 0 Å². The van der Waals surface area contributed by atoms with Crippen molar-refractivity contribution in [3.8, 4) is 5.75 Å². The summed E-state index contributed by atoms with van der Waals surface area (Å²) in [7, 11) is 1.67. The number of para-hydroxylation sites is 1. The molecule has 3 nitrogen and oxygen atoms in total. The second-order valence-corrected chi connectivity index (χ2v) is 6.67. The van der Waals surface area contributed by atoms with Crippen LogP contribution >= 0.6 is 11.8 Å². The largest absolute Gasteiger partial charge is 0.496 e. The Bertz CT molecular complexity index is 499. The first-order valence-electron chi connectivity index (χ1n) is 6.75. The van der Waals surface area contributed by atoms with Crippen LogP contribution in [-0.4, -0.2) is 35.6 Å². The smallest absolute Gasteiger partial charge is 0.234 e.